The molecule has 1 heterocycles. The molecule has 1 aromatic carbocycles. The Morgan fingerprint density at radius 1 is 1.11 bits per heavy atom. The zero-order valence-electron chi connectivity index (χ0n) is 11.6. The van der Waals surface area contributed by atoms with Gasteiger partial charge in [-0.05, 0) is 45.0 Å². The van der Waals surface area contributed by atoms with Crippen LogP contribution in [0, 0.1) is 6.92 Å². The van der Waals surface area contributed by atoms with Gasteiger partial charge in [-0.15, -0.1) is 0 Å². The molecule has 0 radical (unpaired) electrons. The van der Waals surface area contributed by atoms with E-state index in [1.165, 1.54) is 0 Å². The van der Waals surface area contributed by atoms with Crippen molar-refractivity contribution in [3.8, 4) is 17.0 Å². The van der Waals surface area contributed by atoms with E-state index in [-0.39, 0.29) is 0 Å². The van der Waals surface area contributed by atoms with Gasteiger partial charge in [-0.25, -0.2) is 9.97 Å². The summed E-state index contributed by atoms with van der Waals surface area (Å²) in [7, 11) is 0. The van der Waals surface area contributed by atoms with Gasteiger partial charge in [0, 0.05) is 18.2 Å². The van der Waals surface area contributed by atoms with Gasteiger partial charge >= 0.3 is 0 Å². The zero-order chi connectivity index (χ0) is 13.7. The van der Waals surface area contributed by atoms with Gasteiger partial charge in [-0.2, -0.15) is 0 Å². The number of nitrogens with zero attached hydrogens (tertiary/aromatic N) is 2. The molecule has 0 bridgehead atoms. The topological polar surface area (TPSA) is 47.0 Å². The third-order valence-electron chi connectivity index (χ3n) is 2.66. The molecule has 0 unspecified atom stereocenters. The van der Waals surface area contributed by atoms with Crippen LogP contribution in [0.15, 0.2) is 30.3 Å². The largest absolute Gasteiger partial charge is 0.494 e. The monoisotopic (exact) mass is 257 g/mol. The molecule has 4 nitrogen and oxygen atoms in total. The van der Waals surface area contributed by atoms with Gasteiger partial charge in [-0.1, -0.05) is 0 Å². The summed E-state index contributed by atoms with van der Waals surface area (Å²) in [6.45, 7) is 7.45. The van der Waals surface area contributed by atoms with Gasteiger partial charge in [0.2, 0.25) is 0 Å². The predicted molar refractivity (Wildman–Crippen MR) is 77.5 cm³/mol. The first kappa shape index (κ1) is 13.3. The lowest BCUT2D eigenvalue weighted by Crippen LogP contribution is -2.02. The van der Waals surface area contributed by atoms with Crippen LogP contribution in [0.5, 0.6) is 5.75 Å². The highest BCUT2D eigenvalue weighted by molar-refractivity contribution is 5.63. The van der Waals surface area contributed by atoms with Gasteiger partial charge < -0.3 is 10.1 Å². The molecule has 0 saturated heterocycles. The molecule has 0 aliphatic carbocycles. The first-order valence-corrected chi connectivity index (χ1v) is 6.55. The maximum absolute atomic E-state index is 5.44. The van der Waals surface area contributed by atoms with Crippen molar-refractivity contribution >= 4 is 5.82 Å². The summed E-state index contributed by atoms with van der Waals surface area (Å²) in [6, 6.07) is 9.92. The fourth-order valence-corrected chi connectivity index (χ4v) is 1.88. The summed E-state index contributed by atoms with van der Waals surface area (Å²) in [5.41, 5.74) is 1.99. The summed E-state index contributed by atoms with van der Waals surface area (Å²) in [5.74, 6) is 2.50. The van der Waals surface area contributed by atoms with Crippen molar-refractivity contribution in [1.82, 2.24) is 9.97 Å². The minimum Gasteiger partial charge on any atom is -0.494 e. The summed E-state index contributed by atoms with van der Waals surface area (Å²) >= 11 is 0. The molecular weight excluding hydrogens is 238 g/mol. The van der Waals surface area contributed by atoms with Gasteiger partial charge in [-0.3, -0.25) is 0 Å². The van der Waals surface area contributed by atoms with Crippen LogP contribution in [-0.4, -0.2) is 23.1 Å². The Kier molecular flexibility index (Phi) is 4.34. The molecule has 0 amide bonds. The van der Waals surface area contributed by atoms with Crippen molar-refractivity contribution in [3.63, 3.8) is 0 Å². The Morgan fingerprint density at radius 3 is 2.47 bits per heavy atom. The second-order valence-corrected chi connectivity index (χ2v) is 4.17. The third kappa shape index (κ3) is 3.44. The van der Waals surface area contributed by atoms with E-state index in [9.17, 15) is 0 Å². The molecule has 100 valence electrons. The van der Waals surface area contributed by atoms with Crippen LogP contribution in [0.1, 0.15) is 19.7 Å². The molecular formula is C15H19N3O. The third-order valence-corrected chi connectivity index (χ3v) is 2.66. The standard InChI is InChI=1S/C15H19N3O/c1-4-16-15-10-14(17-11(3)18-15)12-6-8-13(9-7-12)19-5-2/h6-10H,4-5H2,1-3H3,(H,16,17,18). The fraction of sp³-hybridized carbons (Fsp3) is 0.333. The molecule has 19 heavy (non-hydrogen) atoms. The van der Waals surface area contributed by atoms with E-state index in [2.05, 4.69) is 15.3 Å². The Balaban J connectivity index is 2.29. The highest BCUT2D eigenvalue weighted by atomic mass is 16.5. The van der Waals surface area contributed by atoms with Crippen LogP contribution in [0.4, 0.5) is 5.82 Å². The normalized spacial score (nSPS) is 10.3. The first-order chi connectivity index (χ1) is 9.22. The smallest absolute Gasteiger partial charge is 0.130 e. The lowest BCUT2D eigenvalue weighted by atomic mass is 10.1. The Hall–Kier alpha value is -2.10. The molecule has 0 spiro atoms. The van der Waals surface area contributed by atoms with Crippen molar-refractivity contribution in [3.05, 3.63) is 36.2 Å². The van der Waals surface area contributed by atoms with Gasteiger partial charge in [0.05, 0.1) is 12.3 Å². The molecule has 4 heteroatoms. The number of anilines is 1. The van der Waals surface area contributed by atoms with Crippen LogP contribution in [-0.2, 0) is 0 Å². The number of hydrogen-bond acceptors (Lipinski definition) is 4. The Labute approximate surface area is 113 Å². The van der Waals surface area contributed by atoms with E-state index >= 15 is 0 Å². The van der Waals surface area contributed by atoms with E-state index in [1.54, 1.807) is 0 Å². The highest BCUT2D eigenvalue weighted by Gasteiger charge is 2.04. The van der Waals surface area contributed by atoms with Crippen molar-refractivity contribution in [1.29, 1.82) is 0 Å². The molecule has 0 atom stereocenters. The molecule has 0 saturated carbocycles. The summed E-state index contributed by atoms with van der Waals surface area (Å²) in [4.78, 5) is 8.82. The minimum atomic E-state index is 0.677. The first-order valence-electron chi connectivity index (χ1n) is 6.55. The molecule has 0 fully saturated rings. The number of benzene rings is 1. The Bertz CT molecular complexity index is 538. The summed E-state index contributed by atoms with van der Waals surface area (Å²) in [5, 5.41) is 3.21. The van der Waals surface area contributed by atoms with E-state index in [0.717, 1.165) is 35.2 Å². The van der Waals surface area contributed by atoms with Crippen molar-refractivity contribution in [2.45, 2.75) is 20.8 Å². The molecule has 2 rings (SSSR count). The van der Waals surface area contributed by atoms with Gasteiger partial charge in [0.25, 0.3) is 0 Å². The lowest BCUT2D eigenvalue weighted by molar-refractivity contribution is 0.340. The summed E-state index contributed by atoms with van der Waals surface area (Å²) in [6.07, 6.45) is 0. The molecule has 0 aliphatic rings. The maximum Gasteiger partial charge on any atom is 0.130 e. The van der Waals surface area contributed by atoms with E-state index in [4.69, 9.17) is 4.74 Å². The van der Waals surface area contributed by atoms with Crippen LogP contribution >= 0.6 is 0 Å². The SMILES string of the molecule is CCNc1cc(-c2ccc(OCC)cc2)nc(C)n1. The van der Waals surface area contributed by atoms with Crippen molar-refractivity contribution in [2.75, 3.05) is 18.5 Å². The highest BCUT2D eigenvalue weighted by Crippen LogP contribution is 2.22. The van der Waals surface area contributed by atoms with E-state index in [0.29, 0.717) is 6.61 Å². The van der Waals surface area contributed by atoms with Crippen LogP contribution in [0.3, 0.4) is 0 Å². The van der Waals surface area contributed by atoms with Crippen LogP contribution in [0.25, 0.3) is 11.3 Å². The molecule has 1 N–H and O–H groups in total. The molecule has 1 aromatic heterocycles. The molecule has 0 aliphatic heterocycles. The quantitative estimate of drug-likeness (QED) is 0.893. The van der Waals surface area contributed by atoms with Gasteiger partial charge in [0.15, 0.2) is 0 Å². The number of rotatable bonds is 5. The minimum absolute atomic E-state index is 0.677. The van der Waals surface area contributed by atoms with Gasteiger partial charge in [0.1, 0.15) is 17.4 Å². The number of nitrogens with one attached hydrogen (secondary N) is 1. The zero-order valence-corrected chi connectivity index (χ0v) is 11.6. The average Bonchev–Trinajstić information content (AvgIpc) is 2.40. The fourth-order valence-electron chi connectivity index (χ4n) is 1.88. The van der Waals surface area contributed by atoms with Crippen molar-refractivity contribution < 1.29 is 4.74 Å². The predicted octanol–water partition coefficient (Wildman–Crippen LogP) is 3.28. The number of aryl methyl sites for hydroxylation is 1. The van der Waals surface area contributed by atoms with Crippen LogP contribution in [0.2, 0.25) is 0 Å². The van der Waals surface area contributed by atoms with Crippen molar-refractivity contribution in [2.24, 2.45) is 0 Å². The lowest BCUT2D eigenvalue weighted by Gasteiger charge is -2.08. The second kappa shape index (κ2) is 6.18. The second-order valence-electron chi connectivity index (χ2n) is 4.17. The molecule has 2 aromatic rings. The Morgan fingerprint density at radius 2 is 1.84 bits per heavy atom. The number of aromatic nitrogens is 2. The van der Waals surface area contributed by atoms with E-state index < -0.39 is 0 Å². The van der Waals surface area contributed by atoms with E-state index in [1.807, 2.05) is 51.1 Å². The number of hydrogen-bond donors (Lipinski definition) is 1. The van der Waals surface area contributed by atoms with Crippen LogP contribution < -0.4 is 10.1 Å². The summed E-state index contributed by atoms with van der Waals surface area (Å²) < 4.78 is 5.44. The number of ether oxygens (including phenoxy) is 1. The maximum atomic E-state index is 5.44. The average molecular weight is 257 g/mol.